The molecule has 0 aliphatic heterocycles. The maximum atomic E-state index is 14.0. The smallest absolute Gasteiger partial charge is 0.255 e. The molecule has 1 aromatic heterocycles. The lowest BCUT2D eigenvalue weighted by atomic mass is 10.2. The van der Waals surface area contributed by atoms with Crippen LogP contribution in [-0.2, 0) is 9.84 Å². The molecular weight excluding hydrogens is 437 g/mol. The molecule has 1 atom stereocenters. The molecule has 9 heteroatoms. The van der Waals surface area contributed by atoms with Crippen LogP contribution >= 0.6 is 22.9 Å². The van der Waals surface area contributed by atoms with E-state index in [0.29, 0.717) is 10.6 Å². The number of carbonyl (C=O) groups is 1. The second kappa shape index (κ2) is 8.94. The number of halogens is 2. The summed E-state index contributed by atoms with van der Waals surface area (Å²) in [5.74, 6) is -1.03. The van der Waals surface area contributed by atoms with Crippen molar-refractivity contribution < 1.29 is 22.3 Å². The Kier molecular flexibility index (Phi) is 6.56. The molecule has 0 saturated heterocycles. The van der Waals surface area contributed by atoms with Crippen LogP contribution in [0.4, 0.5) is 4.39 Å². The summed E-state index contributed by atoms with van der Waals surface area (Å²) in [4.78, 5) is 13.1. The third kappa shape index (κ3) is 4.60. The zero-order valence-electron chi connectivity index (χ0n) is 15.3. The number of sulfone groups is 1. The van der Waals surface area contributed by atoms with Crippen LogP contribution in [0.15, 0.2) is 64.9 Å². The number of ether oxygens (including phenoxy) is 1. The highest BCUT2D eigenvalue weighted by molar-refractivity contribution is 7.91. The van der Waals surface area contributed by atoms with Gasteiger partial charge in [0.25, 0.3) is 5.91 Å². The van der Waals surface area contributed by atoms with Crippen molar-refractivity contribution in [2.75, 3.05) is 13.7 Å². The van der Waals surface area contributed by atoms with Gasteiger partial charge < -0.3 is 10.1 Å². The number of benzene rings is 2. The topological polar surface area (TPSA) is 72.5 Å². The fourth-order valence-corrected chi connectivity index (χ4v) is 5.79. The monoisotopic (exact) mass is 453 g/mol. The molecule has 0 fully saturated rings. The number of rotatable bonds is 7. The number of methoxy groups -OCH3 is 1. The molecule has 5 nitrogen and oxygen atoms in total. The van der Waals surface area contributed by atoms with Crippen LogP contribution in [0, 0.1) is 5.82 Å². The number of thiophene rings is 1. The highest BCUT2D eigenvalue weighted by Crippen LogP contribution is 2.32. The minimum absolute atomic E-state index is 0.0480. The summed E-state index contributed by atoms with van der Waals surface area (Å²) < 4.78 is 45.5. The molecule has 0 radical (unpaired) electrons. The second-order valence-electron chi connectivity index (χ2n) is 6.03. The summed E-state index contributed by atoms with van der Waals surface area (Å²) in [7, 11) is -2.35. The average molecular weight is 454 g/mol. The molecule has 0 aliphatic rings. The Morgan fingerprint density at radius 2 is 1.90 bits per heavy atom. The van der Waals surface area contributed by atoms with E-state index >= 15 is 0 Å². The molecule has 3 rings (SSSR count). The van der Waals surface area contributed by atoms with Crippen LogP contribution in [0.25, 0.3) is 0 Å². The molecule has 0 saturated carbocycles. The molecule has 0 spiro atoms. The highest BCUT2D eigenvalue weighted by Gasteiger charge is 2.31. The van der Waals surface area contributed by atoms with Crippen molar-refractivity contribution in [1.29, 1.82) is 0 Å². The number of amides is 1. The lowest BCUT2D eigenvalue weighted by molar-refractivity contribution is 0.0950. The Balaban J connectivity index is 1.89. The number of carbonyl (C=O) groups excluding carboxylic acids is 1. The van der Waals surface area contributed by atoms with Crippen molar-refractivity contribution in [3.8, 4) is 5.75 Å². The van der Waals surface area contributed by atoms with Gasteiger partial charge in [0, 0.05) is 11.4 Å². The SMILES string of the molecule is COc1ccc(S(=O)(=O)C(CNC(=O)c2c(F)cccc2Cl)c2cccs2)cc1. The molecule has 152 valence electrons. The molecule has 2 aromatic carbocycles. The molecule has 0 aliphatic carbocycles. The summed E-state index contributed by atoms with van der Waals surface area (Å²) >= 11 is 7.18. The van der Waals surface area contributed by atoms with E-state index in [1.807, 2.05) is 0 Å². The lowest BCUT2D eigenvalue weighted by Crippen LogP contribution is -2.32. The first-order valence-electron chi connectivity index (χ1n) is 8.48. The maximum Gasteiger partial charge on any atom is 0.255 e. The quantitative estimate of drug-likeness (QED) is 0.572. The lowest BCUT2D eigenvalue weighted by Gasteiger charge is -2.18. The van der Waals surface area contributed by atoms with Crippen molar-refractivity contribution in [2.45, 2.75) is 10.1 Å². The van der Waals surface area contributed by atoms with Crippen molar-refractivity contribution in [3.63, 3.8) is 0 Å². The van der Waals surface area contributed by atoms with E-state index in [1.165, 1.54) is 42.7 Å². The van der Waals surface area contributed by atoms with Gasteiger partial charge in [0.1, 0.15) is 16.8 Å². The van der Waals surface area contributed by atoms with Gasteiger partial charge in [0.2, 0.25) is 0 Å². The van der Waals surface area contributed by atoms with Crippen molar-refractivity contribution in [3.05, 3.63) is 81.3 Å². The fraction of sp³-hybridized carbons (Fsp3) is 0.150. The Hall–Kier alpha value is -2.42. The first-order chi connectivity index (χ1) is 13.8. The molecule has 0 bridgehead atoms. The van der Waals surface area contributed by atoms with E-state index in [-0.39, 0.29) is 22.0 Å². The van der Waals surface area contributed by atoms with Gasteiger partial charge in [0.05, 0.1) is 22.6 Å². The first-order valence-corrected chi connectivity index (χ1v) is 11.3. The second-order valence-corrected chi connectivity index (χ2v) is 9.55. The van der Waals surface area contributed by atoms with Gasteiger partial charge in [-0.1, -0.05) is 23.7 Å². The largest absolute Gasteiger partial charge is 0.497 e. The predicted molar refractivity (Wildman–Crippen MR) is 111 cm³/mol. The van der Waals surface area contributed by atoms with Gasteiger partial charge in [0.15, 0.2) is 9.84 Å². The van der Waals surface area contributed by atoms with E-state index in [4.69, 9.17) is 16.3 Å². The van der Waals surface area contributed by atoms with Gasteiger partial charge in [-0.3, -0.25) is 4.79 Å². The molecule has 1 amide bonds. The zero-order chi connectivity index (χ0) is 21.0. The summed E-state index contributed by atoms with van der Waals surface area (Å²) in [5.41, 5.74) is -0.319. The predicted octanol–water partition coefficient (Wildman–Crippen LogP) is 4.49. The van der Waals surface area contributed by atoms with E-state index in [2.05, 4.69) is 5.32 Å². The van der Waals surface area contributed by atoms with Gasteiger partial charge >= 0.3 is 0 Å². The van der Waals surface area contributed by atoms with E-state index in [9.17, 15) is 17.6 Å². The first kappa shape index (κ1) is 21.3. The van der Waals surface area contributed by atoms with E-state index in [0.717, 1.165) is 6.07 Å². The Morgan fingerprint density at radius 1 is 1.17 bits per heavy atom. The van der Waals surface area contributed by atoms with Crippen LogP contribution < -0.4 is 10.1 Å². The summed E-state index contributed by atoms with van der Waals surface area (Å²) in [6, 6.07) is 13.3. The van der Waals surface area contributed by atoms with E-state index < -0.39 is 26.8 Å². The zero-order valence-corrected chi connectivity index (χ0v) is 17.7. The van der Waals surface area contributed by atoms with Crippen molar-refractivity contribution in [2.24, 2.45) is 0 Å². The average Bonchev–Trinajstić information content (AvgIpc) is 3.22. The molecule has 3 aromatic rings. The molecule has 1 unspecified atom stereocenters. The van der Waals surface area contributed by atoms with E-state index in [1.54, 1.807) is 29.6 Å². The summed E-state index contributed by atoms with van der Waals surface area (Å²) in [6.07, 6.45) is 0. The minimum atomic E-state index is -3.83. The third-order valence-corrected chi connectivity index (χ3v) is 7.81. The minimum Gasteiger partial charge on any atom is -0.497 e. The number of hydrogen-bond donors (Lipinski definition) is 1. The fourth-order valence-electron chi connectivity index (χ4n) is 2.76. The van der Waals surface area contributed by atoms with Crippen molar-refractivity contribution in [1.82, 2.24) is 5.32 Å². The normalized spacial score (nSPS) is 12.4. The standard InChI is InChI=1S/C20H17ClFNO4S2/c1-27-13-7-9-14(10-8-13)29(25,26)18(17-6-3-11-28-17)12-23-20(24)19-15(21)4-2-5-16(19)22/h2-11,18H,12H2,1H3,(H,23,24). The molecule has 29 heavy (non-hydrogen) atoms. The van der Waals surface area contributed by atoms with Crippen LogP contribution in [-0.4, -0.2) is 28.0 Å². The Bertz CT molecular complexity index is 1080. The molecule has 1 N–H and O–H groups in total. The Morgan fingerprint density at radius 3 is 2.48 bits per heavy atom. The van der Waals surface area contributed by atoms with Crippen LogP contribution in [0.1, 0.15) is 20.5 Å². The number of hydrogen-bond acceptors (Lipinski definition) is 5. The third-order valence-electron chi connectivity index (χ3n) is 4.26. The summed E-state index contributed by atoms with van der Waals surface area (Å²) in [5, 5.41) is 3.17. The Labute approximate surface area is 177 Å². The van der Waals surface area contributed by atoms with Crippen molar-refractivity contribution >= 4 is 38.7 Å². The molecule has 1 heterocycles. The van der Waals surface area contributed by atoms with Crippen LogP contribution in [0.2, 0.25) is 5.02 Å². The van der Waals surface area contributed by atoms with Gasteiger partial charge in [-0.25, -0.2) is 12.8 Å². The summed E-state index contributed by atoms with van der Waals surface area (Å²) in [6.45, 7) is -0.238. The molecular formula is C20H17ClFNO4S2. The van der Waals surface area contributed by atoms with Crippen LogP contribution in [0.3, 0.4) is 0 Å². The maximum absolute atomic E-state index is 14.0. The number of nitrogens with one attached hydrogen (secondary N) is 1. The van der Waals surface area contributed by atoms with Gasteiger partial charge in [-0.05, 0) is 47.8 Å². The van der Waals surface area contributed by atoms with Crippen LogP contribution in [0.5, 0.6) is 5.75 Å². The van der Waals surface area contributed by atoms with Gasteiger partial charge in [-0.15, -0.1) is 11.3 Å². The highest BCUT2D eigenvalue weighted by atomic mass is 35.5. The van der Waals surface area contributed by atoms with Gasteiger partial charge in [-0.2, -0.15) is 0 Å².